The van der Waals surface area contributed by atoms with Crippen molar-refractivity contribution in [3.63, 3.8) is 0 Å². The standard InChI is InChI=1S/C20H15ClF6N2O2/c1-18(2,3)14-10-5-7-13(21)28-16(10)29(17(30)31)15(14)11-8-9(19(22,23)24)4-6-12(11)20(25,26)27/h4-8H,1-3H3,(H,30,31). The molecule has 0 aliphatic rings. The lowest BCUT2D eigenvalue weighted by atomic mass is 9.82. The number of fused-ring (bicyclic) bond motifs is 1. The van der Waals surface area contributed by atoms with E-state index in [2.05, 4.69) is 4.98 Å². The van der Waals surface area contributed by atoms with Crippen molar-refractivity contribution in [1.29, 1.82) is 0 Å². The van der Waals surface area contributed by atoms with Crippen LogP contribution in [0.3, 0.4) is 0 Å². The van der Waals surface area contributed by atoms with Crippen molar-refractivity contribution in [3.8, 4) is 11.3 Å². The molecule has 1 N–H and O–H groups in total. The molecule has 2 aromatic heterocycles. The van der Waals surface area contributed by atoms with E-state index in [1.165, 1.54) is 12.1 Å². The summed E-state index contributed by atoms with van der Waals surface area (Å²) in [6.45, 7) is 4.81. The molecule has 0 atom stereocenters. The number of carboxylic acid groups (broad SMARTS) is 1. The quantitative estimate of drug-likeness (QED) is 0.305. The summed E-state index contributed by atoms with van der Waals surface area (Å²) in [4.78, 5) is 16.0. The predicted molar refractivity (Wildman–Crippen MR) is 102 cm³/mol. The average Bonchev–Trinajstić information content (AvgIpc) is 2.94. The fourth-order valence-corrected chi connectivity index (χ4v) is 3.64. The first-order valence-corrected chi connectivity index (χ1v) is 9.15. The molecule has 0 unspecified atom stereocenters. The van der Waals surface area contributed by atoms with Gasteiger partial charge >= 0.3 is 18.4 Å². The van der Waals surface area contributed by atoms with Crippen LogP contribution in [0, 0.1) is 0 Å². The number of hydrogen-bond donors (Lipinski definition) is 1. The van der Waals surface area contributed by atoms with Gasteiger partial charge in [0.05, 0.1) is 16.8 Å². The lowest BCUT2D eigenvalue weighted by molar-refractivity contribution is -0.141. The van der Waals surface area contributed by atoms with Crippen molar-refractivity contribution in [3.05, 3.63) is 52.2 Å². The first-order valence-electron chi connectivity index (χ1n) is 8.77. The van der Waals surface area contributed by atoms with E-state index in [1.807, 2.05) is 0 Å². The molecule has 1 aromatic carbocycles. The van der Waals surface area contributed by atoms with Gasteiger partial charge in [0.2, 0.25) is 0 Å². The fourth-order valence-electron chi connectivity index (χ4n) is 3.50. The van der Waals surface area contributed by atoms with Crippen LogP contribution in [0.5, 0.6) is 0 Å². The Kier molecular flexibility index (Phi) is 5.29. The van der Waals surface area contributed by atoms with Gasteiger partial charge in [-0.3, -0.25) is 0 Å². The maximum Gasteiger partial charge on any atom is 0.417 e. The second-order valence-corrected chi connectivity index (χ2v) is 8.24. The highest BCUT2D eigenvalue weighted by Gasteiger charge is 2.40. The highest BCUT2D eigenvalue weighted by atomic mass is 35.5. The van der Waals surface area contributed by atoms with Crippen molar-refractivity contribution >= 4 is 28.7 Å². The number of aromatic nitrogens is 2. The van der Waals surface area contributed by atoms with Gasteiger partial charge in [-0.2, -0.15) is 26.3 Å². The van der Waals surface area contributed by atoms with Crippen molar-refractivity contribution < 1.29 is 36.2 Å². The topological polar surface area (TPSA) is 55.1 Å². The zero-order chi connectivity index (χ0) is 23.5. The number of benzene rings is 1. The molecule has 3 aromatic rings. The van der Waals surface area contributed by atoms with Gasteiger partial charge in [-0.15, -0.1) is 0 Å². The molecule has 166 valence electrons. The monoisotopic (exact) mass is 464 g/mol. The molecule has 11 heteroatoms. The van der Waals surface area contributed by atoms with Gasteiger partial charge < -0.3 is 5.11 Å². The van der Waals surface area contributed by atoms with Crippen LogP contribution in [0.4, 0.5) is 31.1 Å². The molecule has 0 aliphatic heterocycles. The van der Waals surface area contributed by atoms with Gasteiger partial charge in [0.25, 0.3) is 0 Å². The Morgan fingerprint density at radius 3 is 2.10 bits per heavy atom. The van der Waals surface area contributed by atoms with Crippen LogP contribution in [-0.2, 0) is 17.8 Å². The number of nitrogens with zero attached hydrogens (tertiary/aromatic N) is 2. The molecule has 0 fully saturated rings. The summed E-state index contributed by atoms with van der Waals surface area (Å²) in [6, 6.07) is 3.63. The molecule has 0 amide bonds. The number of alkyl halides is 6. The highest BCUT2D eigenvalue weighted by molar-refractivity contribution is 6.29. The summed E-state index contributed by atoms with van der Waals surface area (Å²) >= 11 is 5.86. The molecular weight excluding hydrogens is 450 g/mol. The van der Waals surface area contributed by atoms with Crippen LogP contribution >= 0.6 is 11.6 Å². The minimum Gasteiger partial charge on any atom is -0.464 e. The third kappa shape index (κ3) is 4.08. The molecule has 4 nitrogen and oxygen atoms in total. The van der Waals surface area contributed by atoms with E-state index in [9.17, 15) is 36.2 Å². The highest BCUT2D eigenvalue weighted by Crippen LogP contribution is 2.46. The van der Waals surface area contributed by atoms with Crippen LogP contribution < -0.4 is 0 Å². The Bertz CT molecular complexity index is 1190. The molecule has 0 aliphatic carbocycles. The maximum absolute atomic E-state index is 13.8. The fraction of sp³-hybridized carbons (Fsp3) is 0.300. The van der Waals surface area contributed by atoms with Gasteiger partial charge in [-0.25, -0.2) is 14.3 Å². The van der Waals surface area contributed by atoms with Crippen LogP contribution in [0.1, 0.15) is 37.5 Å². The summed E-state index contributed by atoms with van der Waals surface area (Å²) in [5.41, 5.74) is -5.33. The SMILES string of the molecule is CC(C)(C)c1c(-c2cc(C(F)(F)F)ccc2C(F)(F)F)n(C(=O)O)c2nc(Cl)ccc12. The zero-order valence-corrected chi connectivity index (χ0v) is 17.0. The molecule has 0 saturated carbocycles. The Hall–Kier alpha value is -2.75. The largest absolute Gasteiger partial charge is 0.464 e. The first kappa shape index (κ1) is 22.9. The van der Waals surface area contributed by atoms with Gasteiger partial charge in [0.15, 0.2) is 5.65 Å². The lowest BCUT2D eigenvalue weighted by Gasteiger charge is -2.23. The number of hydrogen-bond acceptors (Lipinski definition) is 2. The molecule has 31 heavy (non-hydrogen) atoms. The first-order chi connectivity index (χ1) is 14.0. The molecule has 0 spiro atoms. The van der Waals surface area contributed by atoms with E-state index in [0.29, 0.717) is 22.8 Å². The minimum atomic E-state index is -5.04. The lowest BCUT2D eigenvalue weighted by Crippen LogP contribution is -2.18. The Balaban J connectivity index is 2.62. The van der Waals surface area contributed by atoms with E-state index in [0.717, 1.165) is 0 Å². The van der Waals surface area contributed by atoms with Crippen LogP contribution in [0.2, 0.25) is 5.15 Å². The predicted octanol–water partition coefficient (Wildman–Crippen LogP) is 7.22. The van der Waals surface area contributed by atoms with Crippen molar-refractivity contribution in [2.75, 3.05) is 0 Å². The normalized spacial score (nSPS) is 13.1. The minimum absolute atomic E-state index is 0.0962. The summed E-state index contributed by atoms with van der Waals surface area (Å²) in [5.74, 6) is 0. The molecule has 3 rings (SSSR count). The number of rotatable bonds is 1. The zero-order valence-electron chi connectivity index (χ0n) is 16.3. The number of carbonyl (C=O) groups is 1. The number of pyridine rings is 1. The molecule has 2 heterocycles. The summed E-state index contributed by atoms with van der Waals surface area (Å²) < 4.78 is 81.7. The van der Waals surface area contributed by atoms with Crippen LogP contribution in [0.15, 0.2) is 30.3 Å². The summed E-state index contributed by atoms with van der Waals surface area (Å²) in [5, 5.41) is 9.84. The van der Waals surface area contributed by atoms with Crippen LogP contribution in [0.25, 0.3) is 22.3 Å². The average molecular weight is 465 g/mol. The molecule has 0 saturated heterocycles. The molecule has 0 radical (unpaired) electrons. The summed E-state index contributed by atoms with van der Waals surface area (Å²) in [7, 11) is 0. The second kappa shape index (κ2) is 7.15. The summed E-state index contributed by atoms with van der Waals surface area (Å²) in [6.07, 6.45) is -11.7. The van der Waals surface area contributed by atoms with Gasteiger partial charge in [0.1, 0.15) is 5.15 Å². The molecule has 0 bridgehead atoms. The Morgan fingerprint density at radius 1 is 1.00 bits per heavy atom. The van der Waals surface area contributed by atoms with E-state index in [4.69, 9.17) is 11.6 Å². The van der Waals surface area contributed by atoms with Crippen molar-refractivity contribution in [2.24, 2.45) is 0 Å². The Labute approximate surface area is 177 Å². The third-order valence-corrected chi connectivity index (χ3v) is 4.84. The second-order valence-electron chi connectivity index (χ2n) is 7.85. The van der Waals surface area contributed by atoms with Gasteiger partial charge in [-0.1, -0.05) is 32.4 Å². The maximum atomic E-state index is 13.8. The van der Waals surface area contributed by atoms with Gasteiger partial charge in [0, 0.05) is 10.9 Å². The smallest absolute Gasteiger partial charge is 0.417 e. The van der Waals surface area contributed by atoms with Crippen molar-refractivity contribution in [1.82, 2.24) is 9.55 Å². The Morgan fingerprint density at radius 2 is 1.61 bits per heavy atom. The van der Waals surface area contributed by atoms with E-state index >= 15 is 0 Å². The van der Waals surface area contributed by atoms with Crippen LogP contribution in [-0.4, -0.2) is 20.8 Å². The third-order valence-electron chi connectivity index (χ3n) is 4.63. The van der Waals surface area contributed by atoms with E-state index < -0.39 is 46.2 Å². The van der Waals surface area contributed by atoms with E-state index in [-0.39, 0.29) is 21.7 Å². The van der Waals surface area contributed by atoms with Crippen molar-refractivity contribution in [2.45, 2.75) is 38.5 Å². The van der Waals surface area contributed by atoms with Gasteiger partial charge in [-0.05, 0) is 41.3 Å². The van der Waals surface area contributed by atoms with E-state index in [1.54, 1.807) is 20.8 Å². The molecular formula is C20H15ClF6N2O2. The number of halogens is 7.